The highest BCUT2D eigenvalue weighted by atomic mass is 16.5. The van der Waals surface area contributed by atoms with Crippen molar-refractivity contribution in [1.29, 1.82) is 0 Å². The largest absolute Gasteiger partial charge is 0.504 e. The van der Waals surface area contributed by atoms with E-state index in [0.29, 0.717) is 17.0 Å². The molecule has 0 saturated heterocycles. The highest BCUT2D eigenvalue weighted by molar-refractivity contribution is 6.13. The second kappa shape index (κ2) is 5.92. The van der Waals surface area contributed by atoms with Crippen LogP contribution in [0, 0.1) is 6.92 Å². The molecule has 0 fully saturated rings. The van der Waals surface area contributed by atoms with Crippen molar-refractivity contribution in [1.82, 2.24) is 10.1 Å². The van der Waals surface area contributed by atoms with Gasteiger partial charge >= 0.3 is 0 Å². The summed E-state index contributed by atoms with van der Waals surface area (Å²) >= 11 is 0. The average molecular weight is 310 g/mol. The van der Waals surface area contributed by atoms with Crippen LogP contribution in [0.4, 0.5) is 0 Å². The van der Waals surface area contributed by atoms with Crippen LogP contribution < -0.4 is 4.74 Å². The molecule has 0 radical (unpaired) electrons. The predicted molar refractivity (Wildman–Crippen MR) is 82.6 cm³/mol. The molecule has 6 heteroatoms. The molecule has 1 aromatic heterocycles. The molecule has 6 nitrogen and oxygen atoms in total. The fourth-order valence-electron chi connectivity index (χ4n) is 2.26. The first-order chi connectivity index (χ1) is 11.1. The number of phenolic OH excluding ortho intramolecular Hbond substituents is 1. The smallest absolute Gasteiger partial charge is 0.223 e. The lowest BCUT2D eigenvalue weighted by Gasteiger charge is -2.10. The van der Waals surface area contributed by atoms with Gasteiger partial charge in [0, 0.05) is 23.6 Å². The molecule has 116 valence electrons. The number of methoxy groups -OCH3 is 1. The molecule has 0 atom stereocenters. The molecule has 0 unspecified atom stereocenters. The lowest BCUT2D eigenvalue weighted by Crippen LogP contribution is -2.04. The Morgan fingerprint density at radius 1 is 1.22 bits per heavy atom. The second-order valence-electron chi connectivity index (χ2n) is 4.90. The molecule has 2 aromatic carbocycles. The summed E-state index contributed by atoms with van der Waals surface area (Å²) in [6.45, 7) is 1.66. The molecule has 0 aliphatic heterocycles. The Kier molecular flexibility index (Phi) is 3.80. The standard InChI is InChI=1S/C17H14N2O4/c1-10-18-17(19-23-10)13-9-15(22-2)14(20)8-12(13)16(21)11-6-4-3-5-7-11/h3-9,20H,1-2H3. The SMILES string of the molecule is COc1cc(-c2noc(C)n2)c(C(=O)c2ccccc2)cc1O. The number of hydrogen-bond donors (Lipinski definition) is 1. The molecule has 0 spiro atoms. The summed E-state index contributed by atoms with van der Waals surface area (Å²) in [5.41, 5.74) is 1.21. The molecule has 23 heavy (non-hydrogen) atoms. The number of rotatable bonds is 4. The second-order valence-corrected chi connectivity index (χ2v) is 4.90. The molecule has 0 saturated carbocycles. The van der Waals surface area contributed by atoms with Crippen molar-refractivity contribution in [2.75, 3.05) is 7.11 Å². The summed E-state index contributed by atoms with van der Waals surface area (Å²) < 4.78 is 10.1. The molecule has 3 rings (SSSR count). The number of aromatic nitrogens is 2. The van der Waals surface area contributed by atoms with Crippen molar-refractivity contribution >= 4 is 5.78 Å². The monoisotopic (exact) mass is 310 g/mol. The van der Waals surface area contributed by atoms with Crippen LogP contribution in [-0.4, -0.2) is 28.1 Å². The number of ketones is 1. The number of benzene rings is 2. The minimum atomic E-state index is -0.249. The molecule has 0 aliphatic carbocycles. The third-order valence-corrected chi connectivity index (χ3v) is 3.37. The fourth-order valence-corrected chi connectivity index (χ4v) is 2.26. The van der Waals surface area contributed by atoms with Gasteiger partial charge in [-0.05, 0) is 12.1 Å². The number of carbonyl (C=O) groups excluding carboxylic acids is 1. The summed E-state index contributed by atoms with van der Waals surface area (Å²) in [6, 6.07) is 11.7. The molecule has 3 aromatic rings. The van der Waals surface area contributed by atoms with Gasteiger partial charge in [0.15, 0.2) is 17.3 Å². The molecule has 0 bridgehead atoms. The Bertz CT molecular complexity index is 856. The molecular weight excluding hydrogens is 296 g/mol. The van der Waals surface area contributed by atoms with Crippen molar-refractivity contribution in [2.45, 2.75) is 6.92 Å². The van der Waals surface area contributed by atoms with Crippen LogP contribution in [0.25, 0.3) is 11.4 Å². The van der Waals surface area contributed by atoms with Gasteiger partial charge in [-0.2, -0.15) is 4.98 Å². The summed E-state index contributed by atoms with van der Waals surface area (Å²) in [4.78, 5) is 16.9. The zero-order valence-electron chi connectivity index (χ0n) is 12.6. The van der Waals surface area contributed by atoms with E-state index in [1.807, 2.05) is 6.07 Å². The van der Waals surface area contributed by atoms with E-state index in [2.05, 4.69) is 10.1 Å². The number of nitrogens with zero attached hydrogens (tertiary/aromatic N) is 2. The van der Waals surface area contributed by atoms with E-state index < -0.39 is 0 Å². The lowest BCUT2D eigenvalue weighted by atomic mass is 9.97. The highest BCUT2D eigenvalue weighted by Gasteiger charge is 2.21. The van der Waals surface area contributed by atoms with E-state index in [0.717, 1.165) is 0 Å². The van der Waals surface area contributed by atoms with Gasteiger partial charge in [-0.25, -0.2) is 0 Å². The van der Waals surface area contributed by atoms with Crippen LogP contribution in [-0.2, 0) is 0 Å². The lowest BCUT2D eigenvalue weighted by molar-refractivity contribution is 0.103. The number of aryl methyl sites for hydroxylation is 1. The Hall–Kier alpha value is -3.15. The normalized spacial score (nSPS) is 10.5. The maximum atomic E-state index is 12.8. The molecule has 1 N–H and O–H groups in total. The van der Waals surface area contributed by atoms with Gasteiger partial charge in [0.2, 0.25) is 11.7 Å². The van der Waals surface area contributed by atoms with Crippen LogP contribution in [0.1, 0.15) is 21.8 Å². The highest BCUT2D eigenvalue weighted by Crippen LogP contribution is 2.35. The number of hydrogen-bond acceptors (Lipinski definition) is 6. The molecule has 0 aliphatic rings. The van der Waals surface area contributed by atoms with E-state index in [1.54, 1.807) is 31.2 Å². The molecule has 0 amide bonds. The van der Waals surface area contributed by atoms with Crippen LogP contribution in [0.3, 0.4) is 0 Å². The minimum absolute atomic E-state index is 0.129. The first-order valence-corrected chi connectivity index (χ1v) is 6.91. The zero-order valence-corrected chi connectivity index (χ0v) is 12.6. The van der Waals surface area contributed by atoms with Crippen LogP contribution >= 0.6 is 0 Å². The van der Waals surface area contributed by atoms with Gasteiger partial charge in [0.25, 0.3) is 0 Å². The van der Waals surface area contributed by atoms with E-state index in [9.17, 15) is 9.90 Å². The summed E-state index contributed by atoms with van der Waals surface area (Å²) in [6.07, 6.45) is 0. The summed E-state index contributed by atoms with van der Waals surface area (Å²) in [5, 5.41) is 13.9. The van der Waals surface area contributed by atoms with Gasteiger partial charge in [-0.15, -0.1) is 0 Å². The van der Waals surface area contributed by atoms with Crippen LogP contribution in [0.2, 0.25) is 0 Å². The topological polar surface area (TPSA) is 85.5 Å². The van der Waals surface area contributed by atoms with Crippen molar-refractivity contribution in [3.8, 4) is 22.9 Å². The van der Waals surface area contributed by atoms with Gasteiger partial charge in [0.1, 0.15) is 0 Å². The average Bonchev–Trinajstić information content (AvgIpc) is 3.01. The maximum Gasteiger partial charge on any atom is 0.223 e. The van der Waals surface area contributed by atoms with Gasteiger partial charge in [0.05, 0.1) is 7.11 Å². The van der Waals surface area contributed by atoms with Crippen LogP contribution in [0.5, 0.6) is 11.5 Å². The van der Waals surface area contributed by atoms with Crippen molar-refractivity contribution in [3.63, 3.8) is 0 Å². The van der Waals surface area contributed by atoms with Gasteiger partial charge in [-0.3, -0.25) is 4.79 Å². The van der Waals surface area contributed by atoms with Gasteiger partial charge < -0.3 is 14.4 Å². The summed E-state index contributed by atoms with van der Waals surface area (Å²) in [7, 11) is 1.43. The van der Waals surface area contributed by atoms with E-state index in [4.69, 9.17) is 9.26 Å². The minimum Gasteiger partial charge on any atom is -0.504 e. The zero-order chi connectivity index (χ0) is 16.4. The molecule has 1 heterocycles. The Morgan fingerprint density at radius 3 is 2.57 bits per heavy atom. The predicted octanol–water partition coefficient (Wildman–Crippen LogP) is 2.99. The van der Waals surface area contributed by atoms with Crippen LogP contribution in [0.15, 0.2) is 47.0 Å². The first kappa shape index (κ1) is 14.8. The third kappa shape index (κ3) is 2.78. The van der Waals surface area contributed by atoms with Gasteiger partial charge in [-0.1, -0.05) is 35.5 Å². The fraction of sp³-hybridized carbons (Fsp3) is 0.118. The Labute approximate surface area is 132 Å². The van der Waals surface area contributed by atoms with Crippen molar-refractivity contribution in [3.05, 3.63) is 59.5 Å². The Morgan fingerprint density at radius 2 is 1.96 bits per heavy atom. The third-order valence-electron chi connectivity index (χ3n) is 3.37. The number of aromatic hydroxyl groups is 1. The summed E-state index contributed by atoms with van der Waals surface area (Å²) in [5.74, 6) is 0.494. The van der Waals surface area contributed by atoms with Crippen molar-refractivity contribution < 1.29 is 19.2 Å². The first-order valence-electron chi connectivity index (χ1n) is 6.91. The molecular formula is C17H14N2O4. The van der Waals surface area contributed by atoms with Crippen molar-refractivity contribution in [2.24, 2.45) is 0 Å². The quantitative estimate of drug-likeness (QED) is 0.746. The van der Waals surface area contributed by atoms with E-state index in [-0.39, 0.29) is 28.7 Å². The van der Waals surface area contributed by atoms with E-state index >= 15 is 0 Å². The Balaban J connectivity index is 2.19. The number of ether oxygens (including phenoxy) is 1. The van der Waals surface area contributed by atoms with E-state index in [1.165, 1.54) is 19.2 Å². The maximum absolute atomic E-state index is 12.8. The number of phenols is 1. The number of carbonyl (C=O) groups is 1.